The predicted octanol–water partition coefficient (Wildman–Crippen LogP) is 1.73. The van der Waals surface area contributed by atoms with E-state index in [1.807, 2.05) is 0 Å². The molecule has 0 radical (unpaired) electrons. The molecule has 6 rings (SSSR count). The van der Waals surface area contributed by atoms with Gasteiger partial charge in [-0.15, -0.1) is 0 Å². The van der Waals surface area contributed by atoms with Crippen LogP contribution in [0.2, 0.25) is 0 Å². The molecule has 52 heavy (non-hydrogen) atoms. The van der Waals surface area contributed by atoms with E-state index in [1.54, 1.807) is 0 Å². The molecule has 11 unspecified atom stereocenters. The van der Waals surface area contributed by atoms with Gasteiger partial charge in [-0.1, -0.05) is 34.6 Å². The summed E-state index contributed by atoms with van der Waals surface area (Å²) in [5, 5.41) is 77.2. The third-order valence-electron chi connectivity index (χ3n) is 15.1. The lowest BCUT2D eigenvalue weighted by atomic mass is 9.42. The van der Waals surface area contributed by atoms with Crippen LogP contribution in [0.25, 0.3) is 0 Å². The van der Waals surface area contributed by atoms with Crippen molar-refractivity contribution >= 4 is 0 Å². The predicted molar refractivity (Wildman–Crippen MR) is 188 cm³/mol. The van der Waals surface area contributed by atoms with E-state index in [-0.39, 0.29) is 72.1 Å². The Morgan fingerprint density at radius 2 is 1.50 bits per heavy atom. The first-order chi connectivity index (χ1) is 24.5. The van der Waals surface area contributed by atoms with Gasteiger partial charge < -0.3 is 64.2 Å². The molecule has 0 amide bonds. The summed E-state index contributed by atoms with van der Waals surface area (Å²) in [5.41, 5.74) is -1.77. The van der Waals surface area contributed by atoms with Crippen molar-refractivity contribution in [1.29, 1.82) is 0 Å². The average Bonchev–Trinajstić information content (AvgIpc) is 3.57. The highest BCUT2D eigenvalue weighted by atomic mass is 16.8. The largest absolute Gasteiger partial charge is 0.394 e. The Balaban J connectivity index is 1.14. The molecule has 6 aliphatic rings. The molecular formula is C39H68O13. The molecule has 7 N–H and O–H groups in total. The van der Waals surface area contributed by atoms with Crippen LogP contribution in [0.5, 0.6) is 0 Å². The highest BCUT2D eigenvalue weighted by molar-refractivity contribution is 5.20. The van der Waals surface area contributed by atoms with E-state index in [0.29, 0.717) is 25.7 Å². The SMILES string of the molecule is COC1C(OC2C(O[C@@H](CC[C@@H](C)[C@H]3C[C@H](O)C4[C@]5(O)C[C@H](O)C6C[C@@H](O)CC[C@]6(C)C5CC[C@@]43C)C(C)C)OC(CO)C2OC)OCC(O)C1O. The van der Waals surface area contributed by atoms with Crippen LogP contribution in [0.1, 0.15) is 92.4 Å². The minimum atomic E-state index is -1.22. The first-order valence-electron chi connectivity index (χ1n) is 19.9. The molecule has 2 heterocycles. The molecule has 2 aliphatic heterocycles. The summed E-state index contributed by atoms with van der Waals surface area (Å²) >= 11 is 0. The molecule has 4 saturated carbocycles. The topological polar surface area (TPSA) is 197 Å². The average molecular weight is 745 g/mol. The Labute approximate surface area is 309 Å². The minimum Gasteiger partial charge on any atom is -0.394 e. The zero-order valence-electron chi connectivity index (χ0n) is 32.3. The van der Waals surface area contributed by atoms with Crippen molar-refractivity contribution in [3.8, 4) is 0 Å². The Morgan fingerprint density at radius 1 is 0.808 bits per heavy atom. The van der Waals surface area contributed by atoms with Gasteiger partial charge in [0.2, 0.25) is 0 Å². The van der Waals surface area contributed by atoms with Gasteiger partial charge in [-0.25, -0.2) is 0 Å². The molecule has 0 aromatic heterocycles. The van der Waals surface area contributed by atoms with Gasteiger partial charge in [0.15, 0.2) is 12.6 Å². The molecule has 0 spiro atoms. The second-order valence-corrected chi connectivity index (χ2v) is 18.2. The van der Waals surface area contributed by atoms with E-state index in [4.69, 9.17) is 28.4 Å². The lowest BCUT2D eigenvalue weighted by molar-refractivity contribution is -0.312. The quantitative estimate of drug-likeness (QED) is 0.153. The summed E-state index contributed by atoms with van der Waals surface area (Å²) in [7, 11) is 2.91. The zero-order valence-corrected chi connectivity index (χ0v) is 32.3. The Kier molecular flexibility index (Phi) is 12.5. The van der Waals surface area contributed by atoms with E-state index in [1.165, 1.54) is 14.2 Å². The van der Waals surface area contributed by atoms with Gasteiger partial charge in [0, 0.05) is 26.6 Å². The molecule has 0 aromatic carbocycles. The van der Waals surface area contributed by atoms with Crippen molar-refractivity contribution in [1.82, 2.24) is 0 Å². The fourth-order valence-electron chi connectivity index (χ4n) is 12.4. The summed E-state index contributed by atoms with van der Waals surface area (Å²) in [6, 6.07) is 0. The Hall–Kier alpha value is -0.520. The standard InChI is InChI=1S/C39H68O13/c1-19(2)27(50-36-33(31(47-6)28(17-40)51-36)52-35-32(48-7)30(45)26(44)18-49-35)9-8-20(3)22-15-24(42)34-38(22,5)13-11-29-37(4)12-10-21(41)14-23(37)25(43)16-39(29,34)46/h19-36,40-46H,8-18H2,1-7H3/t20-,21+,22-,23?,24+,25+,26?,27+,28?,29?,30?,31?,32?,33?,34?,35?,36?,37+,38-,39+/m1/s1. The number of hydrogen-bond donors (Lipinski definition) is 7. The van der Waals surface area contributed by atoms with E-state index in [2.05, 4.69) is 34.6 Å². The smallest absolute Gasteiger partial charge is 0.187 e. The van der Waals surface area contributed by atoms with Crippen LogP contribution in [0.15, 0.2) is 0 Å². The lowest BCUT2D eigenvalue weighted by Gasteiger charge is -2.66. The number of aliphatic hydroxyl groups is 7. The molecule has 2 saturated heterocycles. The normalized spacial score (nSPS) is 51.9. The molecule has 0 aromatic rings. The maximum Gasteiger partial charge on any atom is 0.187 e. The maximum absolute atomic E-state index is 12.7. The van der Waals surface area contributed by atoms with Crippen molar-refractivity contribution in [2.75, 3.05) is 27.4 Å². The van der Waals surface area contributed by atoms with Crippen LogP contribution < -0.4 is 0 Å². The second kappa shape index (κ2) is 15.8. The molecule has 302 valence electrons. The zero-order chi connectivity index (χ0) is 37.9. The van der Waals surface area contributed by atoms with Crippen LogP contribution in [-0.4, -0.2) is 142 Å². The van der Waals surface area contributed by atoms with Gasteiger partial charge in [0.1, 0.15) is 36.6 Å². The maximum atomic E-state index is 12.7. The van der Waals surface area contributed by atoms with Gasteiger partial charge in [-0.2, -0.15) is 0 Å². The van der Waals surface area contributed by atoms with Gasteiger partial charge in [-0.05, 0) is 91.8 Å². The summed E-state index contributed by atoms with van der Waals surface area (Å²) in [6.45, 7) is 10.4. The van der Waals surface area contributed by atoms with Gasteiger partial charge in [0.25, 0.3) is 0 Å². The van der Waals surface area contributed by atoms with E-state index in [0.717, 1.165) is 25.7 Å². The van der Waals surface area contributed by atoms with Crippen molar-refractivity contribution in [2.45, 2.75) is 172 Å². The van der Waals surface area contributed by atoms with Gasteiger partial charge >= 0.3 is 0 Å². The minimum absolute atomic E-state index is 0.0341. The van der Waals surface area contributed by atoms with E-state index >= 15 is 0 Å². The molecule has 6 fully saturated rings. The number of methoxy groups -OCH3 is 2. The number of aliphatic hydroxyl groups excluding tert-OH is 6. The summed E-state index contributed by atoms with van der Waals surface area (Å²) in [4.78, 5) is 0. The van der Waals surface area contributed by atoms with Crippen LogP contribution in [0.3, 0.4) is 0 Å². The molecule has 4 aliphatic carbocycles. The fraction of sp³-hybridized carbons (Fsp3) is 1.00. The fourth-order valence-corrected chi connectivity index (χ4v) is 12.4. The summed E-state index contributed by atoms with van der Waals surface area (Å²) in [6.07, 6.45) is -3.49. The van der Waals surface area contributed by atoms with Crippen LogP contribution in [0.4, 0.5) is 0 Å². The van der Waals surface area contributed by atoms with Crippen LogP contribution in [-0.2, 0) is 28.4 Å². The van der Waals surface area contributed by atoms with Gasteiger partial charge in [0.05, 0.1) is 43.2 Å². The number of fused-ring (bicyclic) bond motifs is 5. The van der Waals surface area contributed by atoms with Crippen LogP contribution >= 0.6 is 0 Å². The molecule has 13 nitrogen and oxygen atoms in total. The Bertz CT molecular complexity index is 1190. The van der Waals surface area contributed by atoms with Gasteiger partial charge in [-0.3, -0.25) is 0 Å². The highest BCUT2D eigenvalue weighted by Crippen LogP contribution is 2.69. The number of hydrogen-bond acceptors (Lipinski definition) is 13. The summed E-state index contributed by atoms with van der Waals surface area (Å²) < 4.78 is 36.0. The lowest BCUT2D eigenvalue weighted by Crippen LogP contribution is -2.68. The second-order valence-electron chi connectivity index (χ2n) is 18.2. The van der Waals surface area contributed by atoms with Crippen molar-refractivity contribution in [2.24, 2.45) is 46.3 Å². The van der Waals surface area contributed by atoms with Crippen molar-refractivity contribution in [3.05, 3.63) is 0 Å². The monoisotopic (exact) mass is 744 g/mol. The number of ether oxygens (including phenoxy) is 6. The Morgan fingerprint density at radius 3 is 2.15 bits per heavy atom. The summed E-state index contributed by atoms with van der Waals surface area (Å²) in [5.74, 6) is 0.0346. The van der Waals surface area contributed by atoms with Crippen molar-refractivity contribution < 1.29 is 64.2 Å². The van der Waals surface area contributed by atoms with Crippen molar-refractivity contribution in [3.63, 3.8) is 0 Å². The first-order valence-corrected chi connectivity index (χ1v) is 19.9. The molecule has 13 heteroatoms. The molecular weight excluding hydrogens is 676 g/mol. The van der Waals surface area contributed by atoms with E-state index in [9.17, 15) is 35.7 Å². The van der Waals surface area contributed by atoms with E-state index < -0.39 is 73.1 Å². The first kappa shape index (κ1) is 41.1. The highest BCUT2D eigenvalue weighted by Gasteiger charge is 2.70. The molecule has 20 atom stereocenters. The number of rotatable bonds is 12. The molecule has 0 bridgehead atoms. The van der Waals surface area contributed by atoms with Crippen LogP contribution in [0, 0.1) is 46.3 Å². The third kappa shape index (κ3) is 7.05. The third-order valence-corrected chi connectivity index (χ3v) is 15.1.